The molecule has 3 fully saturated rings. The van der Waals surface area contributed by atoms with Crippen LogP contribution in [0, 0.1) is 0 Å². The molecule has 0 unspecified atom stereocenters. The van der Waals surface area contributed by atoms with Crippen molar-refractivity contribution >= 4 is 17.3 Å². The maximum atomic E-state index is 12.6. The zero-order valence-corrected chi connectivity index (χ0v) is 20.6. The van der Waals surface area contributed by atoms with E-state index in [2.05, 4.69) is 39.5 Å². The van der Waals surface area contributed by atoms with Crippen LogP contribution in [-0.2, 0) is 11.3 Å². The average molecular weight is 484 g/mol. The van der Waals surface area contributed by atoms with E-state index >= 15 is 0 Å². The fourth-order valence-corrected chi connectivity index (χ4v) is 5.40. The van der Waals surface area contributed by atoms with Crippen LogP contribution in [-0.4, -0.2) is 47.3 Å². The Kier molecular flexibility index (Phi) is 6.46. The Morgan fingerprint density at radius 1 is 0.972 bits per heavy atom. The van der Waals surface area contributed by atoms with Crippen molar-refractivity contribution in [2.24, 2.45) is 0 Å². The van der Waals surface area contributed by atoms with E-state index < -0.39 is 5.97 Å². The average Bonchev–Trinajstić information content (AvgIpc) is 3.78. The first-order valence-corrected chi connectivity index (χ1v) is 13.2. The van der Waals surface area contributed by atoms with E-state index in [1.54, 1.807) is 0 Å². The maximum Gasteiger partial charge on any atom is 0.338 e. The van der Waals surface area contributed by atoms with Crippen LogP contribution >= 0.6 is 0 Å². The molecule has 6 nitrogen and oxygen atoms in total. The van der Waals surface area contributed by atoms with E-state index in [9.17, 15) is 9.90 Å². The molecule has 2 aromatic carbocycles. The summed E-state index contributed by atoms with van der Waals surface area (Å²) in [5.74, 6) is 0.175. The summed E-state index contributed by atoms with van der Waals surface area (Å²) in [5.41, 5.74) is 8.08. The quantitative estimate of drug-likeness (QED) is 0.399. The van der Waals surface area contributed by atoms with E-state index in [4.69, 9.17) is 4.74 Å². The molecule has 0 atom stereocenters. The van der Waals surface area contributed by atoms with Gasteiger partial charge in [-0.2, -0.15) is 0 Å². The van der Waals surface area contributed by atoms with Crippen LogP contribution < -0.4 is 5.32 Å². The third kappa shape index (κ3) is 5.01. The lowest BCUT2D eigenvalue weighted by molar-refractivity contribution is 0.0695. The van der Waals surface area contributed by atoms with Crippen LogP contribution in [0.15, 0.2) is 54.9 Å². The molecule has 0 radical (unpaired) electrons. The molecule has 6 rings (SSSR count). The molecule has 36 heavy (non-hydrogen) atoms. The molecule has 1 aliphatic heterocycles. The largest absolute Gasteiger partial charge is 0.478 e. The zero-order chi connectivity index (χ0) is 24.5. The van der Waals surface area contributed by atoms with Gasteiger partial charge in [0, 0.05) is 44.3 Å². The molecule has 1 saturated heterocycles. The molecule has 3 aromatic rings. The van der Waals surface area contributed by atoms with E-state index in [1.165, 1.54) is 47.9 Å². The normalized spacial score (nSPS) is 18.6. The second-order valence-corrected chi connectivity index (χ2v) is 10.3. The van der Waals surface area contributed by atoms with Gasteiger partial charge in [-0.25, -0.2) is 4.79 Å². The summed E-state index contributed by atoms with van der Waals surface area (Å²) in [6, 6.07) is 14.6. The molecule has 0 bridgehead atoms. The van der Waals surface area contributed by atoms with Crippen molar-refractivity contribution < 1.29 is 14.6 Å². The number of hydrogen-bond acceptors (Lipinski definition) is 5. The minimum Gasteiger partial charge on any atom is -0.478 e. The summed E-state index contributed by atoms with van der Waals surface area (Å²) in [6.45, 7) is 3.83. The number of carboxylic acids is 1. The number of aromatic nitrogens is 1. The number of benzene rings is 2. The van der Waals surface area contributed by atoms with Crippen LogP contribution in [0.2, 0.25) is 0 Å². The summed E-state index contributed by atoms with van der Waals surface area (Å²) >= 11 is 0. The fraction of sp³-hybridized carbons (Fsp3) is 0.400. The highest BCUT2D eigenvalue weighted by molar-refractivity contribution is 5.97. The fourth-order valence-electron chi connectivity index (χ4n) is 5.40. The molecule has 2 N–H and O–H groups in total. The Balaban J connectivity index is 1.39. The monoisotopic (exact) mass is 483 g/mol. The van der Waals surface area contributed by atoms with Gasteiger partial charge in [-0.05, 0) is 102 Å². The van der Waals surface area contributed by atoms with Gasteiger partial charge in [0.05, 0.1) is 17.9 Å². The second kappa shape index (κ2) is 10.0. The Bertz CT molecular complexity index is 1210. The molecule has 2 heterocycles. The number of pyridine rings is 1. The van der Waals surface area contributed by atoms with Crippen molar-refractivity contribution in [2.45, 2.75) is 50.5 Å². The number of carboxylic acid groups (broad SMARTS) is 1. The number of ether oxygens (including phenoxy) is 1. The molecule has 2 saturated carbocycles. The molecular weight excluding hydrogens is 450 g/mol. The maximum absolute atomic E-state index is 12.6. The predicted molar refractivity (Wildman–Crippen MR) is 141 cm³/mol. The molecule has 0 spiro atoms. The summed E-state index contributed by atoms with van der Waals surface area (Å²) in [4.78, 5) is 19.0. The molecule has 6 heteroatoms. The number of anilines is 2. The third-order valence-electron chi connectivity index (χ3n) is 7.58. The number of hydrogen-bond donors (Lipinski definition) is 2. The smallest absolute Gasteiger partial charge is 0.338 e. The first-order chi connectivity index (χ1) is 17.7. The number of nitrogens with one attached hydrogen (secondary N) is 1. The van der Waals surface area contributed by atoms with Crippen molar-refractivity contribution in [3.8, 4) is 11.1 Å². The number of nitrogens with zero attached hydrogens (tertiary/aromatic N) is 2. The highest BCUT2D eigenvalue weighted by atomic mass is 16.5. The van der Waals surface area contributed by atoms with E-state index in [1.807, 2.05) is 30.6 Å². The SMILES string of the molecule is O=C(O)c1c(CN2CCCOCC2)cccc1Nc1c(C2CC2)cc(-c2ccncc2)cc1C1CC1. The number of aromatic carboxylic acids is 1. The molecule has 186 valence electrons. The zero-order valence-electron chi connectivity index (χ0n) is 20.6. The summed E-state index contributed by atoms with van der Waals surface area (Å²) in [7, 11) is 0. The van der Waals surface area contributed by atoms with Crippen molar-refractivity contribution in [1.82, 2.24) is 9.88 Å². The van der Waals surface area contributed by atoms with Crippen molar-refractivity contribution in [3.05, 3.63) is 77.1 Å². The molecule has 0 amide bonds. The Labute approximate surface area is 212 Å². The van der Waals surface area contributed by atoms with Crippen molar-refractivity contribution in [1.29, 1.82) is 0 Å². The first-order valence-electron chi connectivity index (χ1n) is 13.2. The summed E-state index contributed by atoms with van der Waals surface area (Å²) in [5, 5.41) is 14.0. The molecular formula is C30H33N3O3. The van der Waals surface area contributed by atoms with Gasteiger partial charge in [0.25, 0.3) is 0 Å². The molecule has 3 aliphatic rings. The Morgan fingerprint density at radius 3 is 2.36 bits per heavy atom. The lowest BCUT2D eigenvalue weighted by atomic mass is 9.93. The molecule has 1 aromatic heterocycles. The standard InChI is InChI=1S/C30H33N3O3/c34-30(35)28-23(19-33-13-2-15-36-16-14-33)3-1-4-27(28)32-29-25(21-5-6-21)17-24(18-26(29)22-7-8-22)20-9-11-31-12-10-20/h1,3-4,9-12,17-18,21-22,32H,2,5-8,13-16,19H2,(H,34,35). The Morgan fingerprint density at radius 2 is 1.69 bits per heavy atom. The van der Waals surface area contributed by atoms with Crippen LogP contribution in [0.25, 0.3) is 11.1 Å². The van der Waals surface area contributed by atoms with Gasteiger partial charge >= 0.3 is 5.97 Å². The second-order valence-electron chi connectivity index (χ2n) is 10.3. The van der Waals surface area contributed by atoms with Crippen molar-refractivity contribution in [2.75, 3.05) is 31.6 Å². The lowest BCUT2D eigenvalue weighted by Gasteiger charge is -2.23. The minimum absolute atomic E-state index is 0.379. The minimum atomic E-state index is -0.881. The van der Waals surface area contributed by atoms with Gasteiger partial charge in [0.1, 0.15) is 0 Å². The topological polar surface area (TPSA) is 74.7 Å². The van der Waals surface area contributed by atoms with Crippen LogP contribution in [0.1, 0.15) is 71.0 Å². The van der Waals surface area contributed by atoms with Crippen LogP contribution in [0.3, 0.4) is 0 Å². The predicted octanol–water partition coefficient (Wildman–Crippen LogP) is 6.17. The van der Waals surface area contributed by atoms with Gasteiger partial charge < -0.3 is 15.2 Å². The van der Waals surface area contributed by atoms with E-state index in [0.29, 0.717) is 36.2 Å². The summed E-state index contributed by atoms with van der Waals surface area (Å²) in [6.07, 6.45) is 9.39. The summed E-state index contributed by atoms with van der Waals surface area (Å²) < 4.78 is 5.59. The molecule has 2 aliphatic carbocycles. The van der Waals surface area contributed by atoms with Gasteiger partial charge in [0.15, 0.2) is 0 Å². The highest BCUT2D eigenvalue weighted by Gasteiger charge is 2.33. The van der Waals surface area contributed by atoms with E-state index in [-0.39, 0.29) is 0 Å². The van der Waals surface area contributed by atoms with Gasteiger partial charge in [-0.15, -0.1) is 0 Å². The first kappa shape index (κ1) is 23.2. The van der Waals surface area contributed by atoms with Gasteiger partial charge in [0.2, 0.25) is 0 Å². The number of carbonyl (C=O) groups is 1. The van der Waals surface area contributed by atoms with Gasteiger partial charge in [-0.1, -0.05) is 12.1 Å². The highest BCUT2D eigenvalue weighted by Crippen LogP contribution is 2.52. The van der Waals surface area contributed by atoms with E-state index in [0.717, 1.165) is 37.4 Å². The van der Waals surface area contributed by atoms with Crippen molar-refractivity contribution in [3.63, 3.8) is 0 Å². The number of rotatable bonds is 8. The van der Waals surface area contributed by atoms with Crippen LogP contribution in [0.5, 0.6) is 0 Å². The van der Waals surface area contributed by atoms with Gasteiger partial charge in [-0.3, -0.25) is 9.88 Å². The van der Waals surface area contributed by atoms with Crippen LogP contribution in [0.4, 0.5) is 11.4 Å². The Hall–Kier alpha value is -3.22. The lowest BCUT2D eigenvalue weighted by Crippen LogP contribution is -2.27. The third-order valence-corrected chi connectivity index (χ3v) is 7.58.